The van der Waals surface area contributed by atoms with Crippen LogP contribution >= 0.6 is 0 Å². The maximum absolute atomic E-state index is 10.9. The molecule has 0 aromatic heterocycles. The van der Waals surface area contributed by atoms with Crippen LogP contribution in [0.5, 0.6) is 0 Å². The molecule has 0 unspecified atom stereocenters. The SMILES string of the molecule is C[C@@H]1CC[C@H]2[C@@H]3CC[C@@H]4C[C@H](O)CC[C@]4(C)[C@H]3CC[C@]2(C)[C@H]1O. The summed E-state index contributed by atoms with van der Waals surface area (Å²) in [5.41, 5.74) is 0.619. The van der Waals surface area contributed by atoms with Crippen LogP contribution < -0.4 is 0 Å². The smallest absolute Gasteiger partial charge is 0.0622 e. The second-order valence-electron chi connectivity index (χ2n) is 10.1. The van der Waals surface area contributed by atoms with Crippen molar-refractivity contribution in [1.82, 2.24) is 0 Å². The van der Waals surface area contributed by atoms with Gasteiger partial charge in [0, 0.05) is 0 Å². The molecule has 0 spiro atoms. The van der Waals surface area contributed by atoms with Crippen LogP contribution in [0.25, 0.3) is 0 Å². The molecule has 0 heterocycles. The summed E-state index contributed by atoms with van der Waals surface area (Å²) >= 11 is 0. The van der Waals surface area contributed by atoms with Crippen LogP contribution in [-0.2, 0) is 0 Å². The summed E-state index contributed by atoms with van der Waals surface area (Å²) in [4.78, 5) is 0. The predicted octanol–water partition coefficient (Wildman–Crippen LogP) is 4.39. The van der Waals surface area contributed by atoms with Gasteiger partial charge in [0.1, 0.15) is 0 Å². The fourth-order valence-electron chi connectivity index (χ4n) is 7.74. The lowest BCUT2D eigenvalue weighted by Crippen LogP contribution is -2.58. The van der Waals surface area contributed by atoms with Gasteiger partial charge in [0.05, 0.1) is 12.2 Å². The predicted molar refractivity (Wildman–Crippen MR) is 92.9 cm³/mol. The molecule has 4 rings (SSSR count). The van der Waals surface area contributed by atoms with Crippen LogP contribution in [-0.4, -0.2) is 22.4 Å². The number of rotatable bonds is 0. The van der Waals surface area contributed by atoms with Gasteiger partial charge in [-0.05, 0) is 98.2 Å². The third kappa shape index (κ3) is 2.27. The van der Waals surface area contributed by atoms with E-state index < -0.39 is 0 Å². The number of aliphatic hydroxyl groups is 2. The van der Waals surface area contributed by atoms with Crippen molar-refractivity contribution in [2.45, 2.75) is 90.8 Å². The van der Waals surface area contributed by atoms with Gasteiger partial charge in [-0.2, -0.15) is 0 Å². The van der Waals surface area contributed by atoms with Crippen molar-refractivity contribution >= 4 is 0 Å². The Bertz CT molecular complexity index is 463. The van der Waals surface area contributed by atoms with Gasteiger partial charge >= 0.3 is 0 Å². The molecule has 2 heteroatoms. The van der Waals surface area contributed by atoms with Gasteiger partial charge in [-0.3, -0.25) is 0 Å². The van der Waals surface area contributed by atoms with Crippen molar-refractivity contribution in [3.05, 3.63) is 0 Å². The third-order valence-corrected chi connectivity index (χ3v) is 9.22. The maximum Gasteiger partial charge on any atom is 0.0622 e. The van der Waals surface area contributed by atoms with E-state index in [2.05, 4.69) is 20.8 Å². The summed E-state index contributed by atoms with van der Waals surface area (Å²) in [5, 5.41) is 21.0. The van der Waals surface area contributed by atoms with Gasteiger partial charge in [-0.25, -0.2) is 0 Å². The zero-order valence-corrected chi connectivity index (χ0v) is 15.3. The zero-order valence-electron chi connectivity index (χ0n) is 15.3. The molecule has 0 saturated heterocycles. The van der Waals surface area contributed by atoms with Crippen LogP contribution in [0, 0.1) is 40.4 Å². The topological polar surface area (TPSA) is 40.5 Å². The largest absolute Gasteiger partial charge is 0.393 e. The Morgan fingerprint density at radius 3 is 2.26 bits per heavy atom. The minimum atomic E-state index is -0.0964. The lowest BCUT2D eigenvalue weighted by molar-refractivity contribution is -0.177. The van der Waals surface area contributed by atoms with Gasteiger partial charge in [0.25, 0.3) is 0 Å². The molecular weight excluding hydrogens is 284 g/mol. The summed E-state index contributed by atoms with van der Waals surface area (Å²) in [6.07, 6.45) is 10.9. The first-order valence-corrected chi connectivity index (χ1v) is 10.2. The Balaban J connectivity index is 1.62. The Morgan fingerprint density at radius 2 is 1.48 bits per heavy atom. The first kappa shape index (κ1) is 16.4. The number of fused-ring (bicyclic) bond motifs is 5. The normalized spacial score (nSPS) is 59.6. The maximum atomic E-state index is 10.9. The summed E-state index contributed by atoms with van der Waals surface area (Å²) < 4.78 is 0. The minimum absolute atomic E-state index is 0.0455. The highest BCUT2D eigenvalue weighted by molar-refractivity contribution is 5.09. The van der Waals surface area contributed by atoms with Gasteiger partial charge in [-0.15, -0.1) is 0 Å². The number of hydrogen-bond acceptors (Lipinski definition) is 2. The number of hydrogen-bond donors (Lipinski definition) is 2. The molecule has 0 amide bonds. The molecule has 0 aromatic carbocycles. The molecule has 2 nitrogen and oxygen atoms in total. The molecule has 0 radical (unpaired) electrons. The molecule has 132 valence electrons. The second kappa shape index (κ2) is 5.46. The first-order chi connectivity index (χ1) is 10.9. The van der Waals surface area contributed by atoms with Crippen molar-refractivity contribution in [2.75, 3.05) is 0 Å². The fraction of sp³-hybridized carbons (Fsp3) is 1.00. The van der Waals surface area contributed by atoms with Crippen molar-refractivity contribution in [1.29, 1.82) is 0 Å². The summed E-state index contributed by atoms with van der Waals surface area (Å²) in [7, 11) is 0. The molecule has 0 aromatic rings. The van der Waals surface area contributed by atoms with E-state index in [1.807, 2.05) is 0 Å². The Kier molecular flexibility index (Phi) is 3.89. The first-order valence-electron chi connectivity index (χ1n) is 10.2. The fourth-order valence-corrected chi connectivity index (χ4v) is 7.74. The Labute approximate surface area is 142 Å². The molecule has 9 atom stereocenters. The molecule has 4 aliphatic rings. The quantitative estimate of drug-likeness (QED) is 0.695. The molecule has 0 bridgehead atoms. The molecular formula is C21H36O2. The van der Waals surface area contributed by atoms with E-state index in [9.17, 15) is 10.2 Å². The zero-order chi connectivity index (χ0) is 16.4. The van der Waals surface area contributed by atoms with Crippen LogP contribution in [0.3, 0.4) is 0 Å². The van der Waals surface area contributed by atoms with Gasteiger partial charge in [-0.1, -0.05) is 20.8 Å². The van der Waals surface area contributed by atoms with Crippen molar-refractivity contribution in [2.24, 2.45) is 40.4 Å². The van der Waals surface area contributed by atoms with Gasteiger partial charge in [0.15, 0.2) is 0 Å². The Morgan fingerprint density at radius 1 is 0.783 bits per heavy atom. The average Bonchev–Trinajstić information content (AvgIpc) is 2.52. The second-order valence-corrected chi connectivity index (χ2v) is 10.1. The van der Waals surface area contributed by atoms with Crippen LogP contribution in [0.1, 0.15) is 78.6 Å². The van der Waals surface area contributed by atoms with E-state index in [4.69, 9.17) is 0 Å². The third-order valence-electron chi connectivity index (χ3n) is 9.22. The van der Waals surface area contributed by atoms with Crippen molar-refractivity contribution in [3.63, 3.8) is 0 Å². The molecule has 4 fully saturated rings. The standard InChI is InChI=1S/C21H36O2/c1-13-4-7-17-16-6-5-14-12-15(22)8-10-20(14,2)18(16)9-11-21(17,3)19(13)23/h13-19,22-23H,4-12H2,1-3H3/t13-,14-,15-,16+,17+,18+,19+,20+,21+/m1/s1. The lowest BCUT2D eigenvalue weighted by Gasteiger charge is -2.63. The number of aliphatic hydroxyl groups excluding tert-OH is 2. The monoisotopic (exact) mass is 320 g/mol. The molecule has 2 N–H and O–H groups in total. The van der Waals surface area contributed by atoms with Crippen LogP contribution in [0.4, 0.5) is 0 Å². The van der Waals surface area contributed by atoms with E-state index in [-0.39, 0.29) is 17.6 Å². The molecule has 0 aliphatic heterocycles. The highest BCUT2D eigenvalue weighted by Crippen LogP contribution is 2.65. The summed E-state index contributed by atoms with van der Waals surface area (Å²) in [6.45, 7) is 7.19. The van der Waals surface area contributed by atoms with E-state index in [0.717, 1.165) is 36.5 Å². The molecule has 4 aliphatic carbocycles. The van der Waals surface area contributed by atoms with Crippen molar-refractivity contribution < 1.29 is 10.2 Å². The lowest BCUT2D eigenvalue weighted by atomic mass is 9.42. The summed E-state index contributed by atoms with van der Waals surface area (Å²) in [6, 6.07) is 0. The average molecular weight is 321 g/mol. The molecule has 4 saturated carbocycles. The van der Waals surface area contributed by atoms with E-state index >= 15 is 0 Å². The van der Waals surface area contributed by atoms with Crippen LogP contribution in [0.2, 0.25) is 0 Å². The van der Waals surface area contributed by atoms with E-state index in [1.165, 1.54) is 44.9 Å². The minimum Gasteiger partial charge on any atom is -0.393 e. The highest BCUT2D eigenvalue weighted by atomic mass is 16.3. The Hall–Kier alpha value is -0.0800. The van der Waals surface area contributed by atoms with Gasteiger partial charge < -0.3 is 10.2 Å². The summed E-state index contributed by atoms with van der Waals surface area (Å²) in [5.74, 6) is 3.62. The van der Waals surface area contributed by atoms with E-state index in [0.29, 0.717) is 11.3 Å². The van der Waals surface area contributed by atoms with Gasteiger partial charge in [0.2, 0.25) is 0 Å². The highest BCUT2D eigenvalue weighted by Gasteiger charge is 2.59. The molecule has 23 heavy (non-hydrogen) atoms. The van der Waals surface area contributed by atoms with E-state index in [1.54, 1.807) is 0 Å². The van der Waals surface area contributed by atoms with Crippen molar-refractivity contribution in [3.8, 4) is 0 Å². The van der Waals surface area contributed by atoms with Crippen LogP contribution in [0.15, 0.2) is 0 Å².